The Labute approximate surface area is 141 Å². The molecular formula is C17H24N2O5. The second-order valence-corrected chi connectivity index (χ2v) is 6.20. The lowest BCUT2D eigenvalue weighted by Gasteiger charge is -2.25. The number of anilines is 1. The summed E-state index contributed by atoms with van der Waals surface area (Å²) in [6.45, 7) is 5.67. The summed E-state index contributed by atoms with van der Waals surface area (Å²) in [5.41, 5.74) is 0.657. The van der Waals surface area contributed by atoms with Gasteiger partial charge in [0.05, 0.1) is 13.0 Å². The highest BCUT2D eigenvalue weighted by Crippen LogP contribution is 2.31. The van der Waals surface area contributed by atoms with Crippen LogP contribution in [0.4, 0.5) is 5.69 Å². The largest absolute Gasteiger partial charge is 0.490 e. The van der Waals surface area contributed by atoms with Gasteiger partial charge in [-0.15, -0.1) is 0 Å². The van der Waals surface area contributed by atoms with Crippen LogP contribution < -0.4 is 15.4 Å². The van der Waals surface area contributed by atoms with Crippen LogP contribution in [0.3, 0.4) is 0 Å². The zero-order valence-electron chi connectivity index (χ0n) is 14.2. The second kappa shape index (κ2) is 7.63. The van der Waals surface area contributed by atoms with Gasteiger partial charge in [-0.25, -0.2) is 0 Å². The van der Waals surface area contributed by atoms with Gasteiger partial charge in [0, 0.05) is 17.8 Å². The van der Waals surface area contributed by atoms with Crippen molar-refractivity contribution in [2.75, 3.05) is 25.1 Å². The minimum Gasteiger partial charge on any atom is -0.490 e. The molecule has 2 rings (SSSR count). The monoisotopic (exact) mass is 336 g/mol. The number of carbonyl (C=O) groups excluding carboxylic acids is 2. The molecule has 1 aliphatic rings. The molecule has 0 fully saturated rings. The van der Waals surface area contributed by atoms with Crippen LogP contribution in [-0.4, -0.2) is 48.4 Å². The maximum atomic E-state index is 11.8. The van der Waals surface area contributed by atoms with Gasteiger partial charge < -0.3 is 19.9 Å². The van der Waals surface area contributed by atoms with Gasteiger partial charge in [0.25, 0.3) is 0 Å². The number of aliphatic hydroxyl groups is 1. The number of β-amino-alcohol motifs (C(OH)–C–C–N with tert-alkyl or cyclic N) is 1. The molecule has 1 amide bonds. The highest BCUT2D eigenvalue weighted by atomic mass is 16.5. The topological polar surface area (TPSA) is 96.9 Å². The zero-order valence-corrected chi connectivity index (χ0v) is 14.2. The van der Waals surface area contributed by atoms with Gasteiger partial charge >= 0.3 is 5.97 Å². The predicted molar refractivity (Wildman–Crippen MR) is 89.0 cm³/mol. The SMILES string of the molecule is CCOC(=O)C(C)(C)NCC(O)COc1cccc2c1CC(=O)N2. The fourth-order valence-electron chi connectivity index (χ4n) is 2.36. The van der Waals surface area contributed by atoms with Crippen molar-refractivity contribution in [3.05, 3.63) is 23.8 Å². The van der Waals surface area contributed by atoms with Crippen LogP contribution in [0.2, 0.25) is 0 Å². The Morgan fingerprint density at radius 2 is 2.21 bits per heavy atom. The molecule has 1 aromatic rings. The van der Waals surface area contributed by atoms with Crippen molar-refractivity contribution in [1.82, 2.24) is 5.32 Å². The van der Waals surface area contributed by atoms with Crippen LogP contribution in [0.5, 0.6) is 5.75 Å². The third-order valence-electron chi connectivity index (χ3n) is 3.74. The minimum atomic E-state index is -0.888. The van der Waals surface area contributed by atoms with Gasteiger partial charge in [0.15, 0.2) is 0 Å². The van der Waals surface area contributed by atoms with E-state index in [1.165, 1.54) is 0 Å². The number of carbonyl (C=O) groups is 2. The van der Waals surface area contributed by atoms with Gasteiger partial charge in [-0.1, -0.05) is 6.07 Å². The maximum Gasteiger partial charge on any atom is 0.325 e. The molecule has 1 heterocycles. The highest BCUT2D eigenvalue weighted by Gasteiger charge is 2.29. The second-order valence-electron chi connectivity index (χ2n) is 6.20. The van der Waals surface area contributed by atoms with E-state index in [0.29, 0.717) is 12.4 Å². The first-order chi connectivity index (χ1) is 11.3. The summed E-state index contributed by atoms with van der Waals surface area (Å²) in [5.74, 6) is 0.137. The van der Waals surface area contributed by atoms with Crippen molar-refractivity contribution >= 4 is 17.6 Å². The zero-order chi connectivity index (χ0) is 17.7. The number of aliphatic hydroxyl groups excluding tert-OH is 1. The number of nitrogens with one attached hydrogen (secondary N) is 2. The number of hydrogen-bond donors (Lipinski definition) is 3. The number of benzene rings is 1. The van der Waals surface area contributed by atoms with E-state index in [4.69, 9.17) is 9.47 Å². The molecule has 7 heteroatoms. The van der Waals surface area contributed by atoms with E-state index in [2.05, 4.69) is 10.6 Å². The molecule has 3 N–H and O–H groups in total. The number of ether oxygens (including phenoxy) is 2. The smallest absolute Gasteiger partial charge is 0.325 e. The molecule has 0 saturated heterocycles. The Morgan fingerprint density at radius 1 is 1.46 bits per heavy atom. The van der Waals surface area contributed by atoms with Gasteiger partial charge in [0.1, 0.15) is 24.0 Å². The average molecular weight is 336 g/mol. The van der Waals surface area contributed by atoms with Crippen LogP contribution in [0.1, 0.15) is 26.3 Å². The van der Waals surface area contributed by atoms with Crippen molar-refractivity contribution < 1.29 is 24.2 Å². The van der Waals surface area contributed by atoms with Crippen LogP contribution in [0.15, 0.2) is 18.2 Å². The standard InChI is InChI=1S/C17H24N2O5/c1-4-23-16(22)17(2,3)18-9-11(20)10-24-14-7-5-6-13-12(14)8-15(21)19-13/h5-7,11,18,20H,4,8-10H2,1-3H3,(H,19,21). The van der Waals surface area contributed by atoms with E-state index >= 15 is 0 Å². The summed E-state index contributed by atoms with van der Waals surface area (Å²) in [7, 11) is 0. The summed E-state index contributed by atoms with van der Waals surface area (Å²) < 4.78 is 10.6. The third-order valence-corrected chi connectivity index (χ3v) is 3.74. The number of fused-ring (bicyclic) bond motifs is 1. The molecule has 1 aromatic carbocycles. The lowest BCUT2D eigenvalue weighted by atomic mass is 10.1. The van der Waals surface area contributed by atoms with Crippen molar-refractivity contribution in [3.63, 3.8) is 0 Å². The first-order valence-corrected chi connectivity index (χ1v) is 7.98. The van der Waals surface area contributed by atoms with E-state index in [1.54, 1.807) is 32.9 Å². The molecule has 0 radical (unpaired) electrons. The van der Waals surface area contributed by atoms with Crippen LogP contribution in [-0.2, 0) is 20.7 Å². The molecule has 0 spiro atoms. The number of amides is 1. The van der Waals surface area contributed by atoms with Crippen LogP contribution in [0.25, 0.3) is 0 Å². The lowest BCUT2D eigenvalue weighted by molar-refractivity contribution is -0.149. The number of hydrogen-bond acceptors (Lipinski definition) is 6. The molecule has 1 atom stereocenters. The van der Waals surface area contributed by atoms with Crippen molar-refractivity contribution in [1.29, 1.82) is 0 Å². The summed E-state index contributed by atoms with van der Waals surface area (Å²) in [5, 5.41) is 15.8. The van der Waals surface area contributed by atoms with Crippen LogP contribution in [0, 0.1) is 0 Å². The lowest BCUT2D eigenvalue weighted by Crippen LogP contribution is -2.51. The first kappa shape index (κ1) is 18.2. The molecule has 0 bridgehead atoms. The normalized spacial score (nSPS) is 14.8. The summed E-state index contributed by atoms with van der Waals surface area (Å²) >= 11 is 0. The van der Waals surface area contributed by atoms with E-state index in [-0.39, 0.29) is 31.4 Å². The predicted octanol–water partition coefficient (Wildman–Crippen LogP) is 0.852. The minimum absolute atomic E-state index is 0.0521. The fraction of sp³-hybridized carbons (Fsp3) is 0.529. The molecule has 1 unspecified atom stereocenters. The summed E-state index contributed by atoms with van der Waals surface area (Å²) in [6, 6.07) is 5.36. The van der Waals surface area contributed by atoms with Crippen molar-refractivity contribution in [3.8, 4) is 5.75 Å². The molecule has 0 aliphatic carbocycles. The summed E-state index contributed by atoms with van der Waals surface area (Å²) in [6.07, 6.45) is -0.532. The third kappa shape index (κ3) is 4.46. The Hall–Kier alpha value is -2.12. The molecule has 132 valence electrons. The Balaban J connectivity index is 1.84. The molecule has 7 nitrogen and oxygen atoms in total. The van der Waals surface area contributed by atoms with Gasteiger partial charge in [0.2, 0.25) is 5.91 Å². The molecule has 0 saturated carbocycles. The van der Waals surface area contributed by atoms with Crippen molar-refractivity contribution in [2.24, 2.45) is 0 Å². The van der Waals surface area contributed by atoms with E-state index in [9.17, 15) is 14.7 Å². The maximum absolute atomic E-state index is 11.8. The molecule has 24 heavy (non-hydrogen) atoms. The quantitative estimate of drug-likeness (QED) is 0.609. The molecule has 0 aromatic heterocycles. The number of esters is 1. The fourth-order valence-corrected chi connectivity index (χ4v) is 2.36. The van der Waals surface area contributed by atoms with Gasteiger partial charge in [-0.3, -0.25) is 14.9 Å². The van der Waals surface area contributed by atoms with Gasteiger partial charge in [-0.2, -0.15) is 0 Å². The Kier molecular flexibility index (Phi) is 5.80. The first-order valence-electron chi connectivity index (χ1n) is 7.98. The van der Waals surface area contributed by atoms with Crippen LogP contribution >= 0.6 is 0 Å². The summed E-state index contributed by atoms with van der Waals surface area (Å²) in [4.78, 5) is 23.2. The van der Waals surface area contributed by atoms with E-state index in [0.717, 1.165) is 11.3 Å². The van der Waals surface area contributed by atoms with E-state index < -0.39 is 11.6 Å². The number of rotatable bonds is 8. The average Bonchev–Trinajstić information content (AvgIpc) is 2.92. The molecule has 1 aliphatic heterocycles. The molecular weight excluding hydrogens is 312 g/mol. The Bertz CT molecular complexity index is 615. The van der Waals surface area contributed by atoms with Crippen molar-refractivity contribution in [2.45, 2.75) is 38.8 Å². The van der Waals surface area contributed by atoms with E-state index in [1.807, 2.05) is 6.07 Å². The Morgan fingerprint density at radius 3 is 2.92 bits per heavy atom. The highest BCUT2D eigenvalue weighted by molar-refractivity contribution is 6.00. The van der Waals surface area contributed by atoms with Gasteiger partial charge in [-0.05, 0) is 32.9 Å².